The van der Waals surface area contributed by atoms with Gasteiger partial charge in [-0.1, -0.05) is 42.5 Å². The largest absolute Gasteiger partial charge is 0.507 e. The van der Waals surface area contributed by atoms with Crippen molar-refractivity contribution >= 4 is 17.7 Å². The molecule has 1 aliphatic carbocycles. The van der Waals surface area contributed by atoms with Gasteiger partial charge in [-0.2, -0.15) is 5.01 Å². The van der Waals surface area contributed by atoms with Crippen LogP contribution in [0.4, 0.5) is 8.78 Å². The molecule has 1 amide bonds. The van der Waals surface area contributed by atoms with Crippen LogP contribution in [0.1, 0.15) is 48.4 Å². The summed E-state index contributed by atoms with van der Waals surface area (Å²) >= 11 is 1.75. The van der Waals surface area contributed by atoms with E-state index in [0.717, 1.165) is 21.8 Å². The first-order valence-electron chi connectivity index (χ1n) is 12.2. The number of benzene rings is 2. The van der Waals surface area contributed by atoms with Crippen LogP contribution in [0.3, 0.4) is 0 Å². The van der Waals surface area contributed by atoms with Gasteiger partial charge in [0.25, 0.3) is 5.91 Å². The second kappa shape index (κ2) is 8.90. The quantitative estimate of drug-likeness (QED) is 0.596. The van der Waals surface area contributed by atoms with Crippen LogP contribution in [0.25, 0.3) is 0 Å². The lowest BCUT2D eigenvalue weighted by Gasteiger charge is -2.51. The van der Waals surface area contributed by atoms with E-state index in [1.807, 2.05) is 29.3 Å². The molecule has 0 bridgehead atoms. The molecule has 6 rings (SSSR count). The predicted molar refractivity (Wildman–Crippen MR) is 132 cm³/mol. The zero-order valence-corrected chi connectivity index (χ0v) is 20.4. The van der Waals surface area contributed by atoms with Gasteiger partial charge in [-0.05, 0) is 41.7 Å². The van der Waals surface area contributed by atoms with Crippen molar-refractivity contribution in [1.29, 1.82) is 0 Å². The topological polar surface area (TPSA) is 67.2 Å². The molecule has 2 unspecified atom stereocenters. The summed E-state index contributed by atoms with van der Waals surface area (Å²) in [4.78, 5) is 16.4. The van der Waals surface area contributed by atoms with Crippen molar-refractivity contribution in [3.8, 4) is 0 Å². The number of carbonyl (C=O) groups excluding carboxylic acids is 1. The molecule has 3 aliphatic heterocycles. The van der Waals surface area contributed by atoms with E-state index in [0.29, 0.717) is 0 Å². The van der Waals surface area contributed by atoms with Crippen molar-refractivity contribution in [3.05, 3.63) is 89.0 Å². The van der Waals surface area contributed by atoms with Crippen molar-refractivity contribution in [1.82, 2.24) is 14.9 Å². The van der Waals surface area contributed by atoms with Gasteiger partial charge in [0.05, 0.1) is 12.7 Å². The van der Waals surface area contributed by atoms with Crippen molar-refractivity contribution in [2.75, 3.05) is 6.67 Å². The molecule has 2 fully saturated rings. The van der Waals surface area contributed by atoms with Gasteiger partial charge in [-0.3, -0.25) is 9.80 Å². The maximum absolute atomic E-state index is 14.0. The Morgan fingerprint density at radius 1 is 1.00 bits per heavy atom. The predicted octanol–water partition coefficient (Wildman–Crippen LogP) is 4.94. The zero-order chi connectivity index (χ0) is 25.0. The molecule has 0 radical (unpaired) electrons. The number of halogens is 2. The molecular formula is C27H27F2N3O3S. The first kappa shape index (κ1) is 23.5. The highest BCUT2D eigenvalue weighted by atomic mass is 32.2. The second-order valence-electron chi connectivity index (χ2n) is 9.74. The summed E-state index contributed by atoms with van der Waals surface area (Å²) in [6.45, 7) is 0.171. The van der Waals surface area contributed by atoms with Crippen LogP contribution < -0.4 is 0 Å². The van der Waals surface area contributed by atoms with E-state index in [2.05, 4.69) is 24.3 Å². The number of carbonyl (C=O) groups is 1. The number of nitrogens with zero attached hydrogens (tertiary/aromatic N) is 3. The minimum absolute atomic E-state index is 0.0274. The minimum Gasteiger partial charge on any atom is -0.507 e. The molecule has 6 nitrogen and oxygen atoms in total. The van der Waals surface area contributed by atoms with Crippen molar-refractivity contribution in [2.24, 2.45) is 0 Å². The number of fused-ring (bicyclic) bond motifs is 3. The summed E-state index contributed by atoms with van der Waals surface area (Å²) in [6, 6.07) is 15.6. The number of hydrogen-bond donors (Lipinski definition) is 2. The van der Waals surface area contributed by atoms with Gasteiger partial charge in [0, 0.05) is 35.7 Å². The Morgan fingerprint density at radius 3 is 2.47 bits per heavy atom. The number of hydrazine groups is 1. The molecule has 2 atom stereocenters. The Hall–Kier alpha value is -2.88. The van der Waals surface area contributed by atoms with E-state index >= 15 is 0 Å². The van der Waals surface area contributed by atoms with Crippen molar-refractivity contribution < 1.29 is 23.8 Å². The molecule has 188 valence electrons. The highest BCUT2D eigenvalue weighted by Gasteiger charge is 2.47. The third-order valence-electron chi connectivity index (χ3n) is 7.57. The van der Waals surface area contributed by atoms with Crippen LogP contribution in [-0.2, 0) is 10.5 Å². The Kier molecular flexibility index (Phi) is 5.81. The van der Waals surface area contributed by atoms with E-state index in [1.54, 1.807) is 27.9 Å². The number of hydrogen-bond acceptors (Lipinski definition) is 6. The molecule has 1 saturated carbocycles. The number of aliphatic hydroxyl groups excluding tert-OH is 2. The molecular weight excluding hydrogens is 484 g/mol. The summed E-state index contributed by atoms with van der Waals surface area (Å²) in [6.07, 6.45) is 1.59. The third kappa shape index (κ3) is 3.90. The summed E-state index contributed by atoms with van der Waals surface area (Å²) in [5.41, 5.74) is 3.29. The average Bonchev–Trinajstić information content (AvgIpc) is 3.04. The van der Waals surface area contributed by atoms with E-state index in [4.69, 9.17) is 0 Å². The maximum Gasteiger partial charge on any atom is 0.276 e. The first-order valence-corrected chi connectivity index (χ1v) is 13.2. The van der Waals surface area contributed by atoms with E-state index in [-0.39, 0.29) is 50.1 Å². The molecule has 2 aromatic rings. The lowest BCUT2D eigenvalue weighted by Crippen LogP contribution is -2.61. The lowest BCUT2D eigenvalue weighted by atomic mass is 9.90. The average molecular weight is 512 g/mol. The zero-order valence-electron chi connectivity index (χ0n) is 19.6. The molecule has 9 heteroatoms. The Bertz CT molecular complexity index is 1210. The highest BCUT2D eigenvalue weighted by molar-refractivity contribution is 7.98. The summed E-state index contributed by atoms with van der Waals surface area (Å²) in [5, 5.41) is 24.8. The summed E-state index contributed by atoms with van der Waals surface area (Å²) in [5.74, 6) is -2.81. The molecule has 4 aliphatic rings. The lowest BCUT2D eigenvalue weighted by molar-refractivity contribution is -0.158. The number of amides is 1. The molecule has 2 N–H and O–H groups in total. The Morgan fingerprint density at radius 2 is 1.69 bits per heavy atom. The van der Waals surface area contributed by atoms with Crippen molar-refractivity contribution in [2.45, 2.75) is 60.4 Å². The number of rotatable bonds is 2. The molecule has 2 aromatic carbocycles. The van der Waals surface area contributed by atoms with Crippen LogP contribution in [0.15, 0.2) is 77.2 Å². The fourth-order valence-corrected chi connectivity index (χ4v) is 6.77. The van der Waals surface area contributed by atoms with Gasteiger partial charge in [-0.15, -0.1) is 11.8 Å². The fourth-order valence-electron chi connectivity index (χ4n) is 5.67. The van der Waals surface area contributed by atoms with Crippen LogP contribution in [-0.4, -0.2) is 55.8 Å². The Balaban J connectivity index is 1.48. The van der Waals surface area contributed by atoms with E-state index in [1.165, 1.54) is 11.6 Å². The molecule has 1 saturated heterocycles. The van der Waals surface area contributed by atoms with Gasteiger partial charge in [0.2, 0.25) is 5.92 Å². The van der Waals surface area contributed by atoms with Crippen molar-refractivity contribution in [3.63, 3.8) is 0 Å². The van der Waals surface area contributed by atoms with Gasteiger partial charge in [-0.25, -0.2) is 8.78 Å². The van der Waals surface area contributed by atoms with E-state index in [9.17, 15) is 23.8 Å². The Labute approximate surface area is 212 Å². The highest BCUT2D eigenvalue weighted by Crippen LogP contribution is 2.46. The molecule has 0 aromatic heterocycles. The standard InChI is InChI=1S/C27H27F2N3O3S/c28-27(29)12-9-18(10-13-27)30-16-32(31-14-11-21(33)25(34)24(31)26(30)35)23-19-6-2-1-5-17(19)15-36-22-8-4-3-7-20(22)23/h1-8,11,14,18,21,23,33-34H,9-10,12-13,15-16H2. The number of alkyl halides is 2. The fraction of sp³-hybridized carbons (Fsp3) is 0.370. The smallest absolute Gasteiger partial charge is 0.276 e. The normalized spacial score (nSPS) is 26.4. The van der Waals surface area contributed by atoms with Crippen LogP contribution >= 0.6 is 11.8 Å². The third-order valence-corrected chi connectivity index (χ3v) is 8.71. The minimum atomic E-state index is -2.72. The first-order chi connectivity index (χ1) is 17.3. The monoisotopic (exact) mass is 511 g/mol. The molecule has 36 heavy (non-hydrogen) atoms. The summed E-state index contributed by atoms with van der Waals surface area (Å²) in [7, 11) is 0. The SMILES string of the molecule is O=C1C2=C(O)C(O)C=CN2N(C2c3ccccc3CSc3ccccc32)CN1C1CCC(F)(F)CC1. The maximum atomic E-state index is 14.0. The van der Waals surface area contributed by atoms with Crippen LogP contribution in [0.2, 0.25) is 0 Å². The molecule has 0 spiro atoms. The van der Waals surface area contributed by atoms with E-state index < -0.39 is 23.7 Å². The summed E-state index contributed by atoms with van der Waals surface area (Å²) < 4.78 is 27.9. The van der Waals surface area contributed by atoms with Gasteiger partial charge in [0.15, 0.2) is 11.5 Å². The van der Waals surface area contributed by atoms with Gasteiger partial charge >= 0.3 is 0 Å². The van der Waals surface area contributed by atoms with Gasteiger partial charge in [0.1, 0.15) is 6.10 Å². The number of thioether (sulfide) groups is 1. The molecule has 3 heterocycles. The van der Waals surface area contributed by atoms with Crippen LogP contribution in [0, 0.1) is 0 Å². The second-order valence-corrected chi connectivity index (χ2v) is 10.8. The van der Waals surface area contributed by atoms with Gasteiger partial charge < -0.3 is 15.1 Å². The number of aliphatic hydroxyl groups is 2. The van der Waals surface area contributed by atoms with Crippen LogP contribution in [0.5, 0.6) is 0 Å².